The van der Waals surface area contributed by atoms with Crippen LogP contribution in [0.25, 0.3) is 6.08 Å². The molecule has 1 saturated heterocycles. The highest BCUT2D eigenvalue weighted by Crippen LogP contribution is 2.19. The third kappa shape index (κ3) is 6.69. The number of carbonyl (C=O) groups excluding carboxylic acids is 2. The Balaban J connectivity index is 1.91. The summed E-state index contributed by atoms with van der Waals surface area (Å²) < 4.78 is 10.3. The van der Waals surface area contributed by atoms with Crippen LogP contribution in [0, 0.1) is 0 Å². The number of carbonyl (C=O) groups is 2. The monoisotopic (exact) mass is 375 g/mol. The van der Waals surface area contributed by atoms with Crippen molar-refractivity contribution in [2.24, 2.45) is 0 Å². The van der Waals surface area contributed by atoms with Crippen molar-refractivity contribution in [1.82, 2.24) is 15.5 Å². The molecule has 2 amide bonds. The van der Waals surface area contributed by atoms with Crippen LogP contribution in [0.15, 0.2) is 30.3 Å². The van der Waals surface area contributed by atoms with Gasteiger partial charge in [0.1, 0.15) is 5.75 Å². The second-order valence-electron chi connectivity index (χ2n) is 6.35. The van der Waals surface area contributed by atoms with Gasteiger partial charge in [-0.2, -0.15) is 0 Å². The van der Waals surface area contributed by atoms with Crippen molar-refractivity contribution in [2.75, 3.05) is 47.0 Å². The number of rotatable bonds is 10. The third-order valence-corrected chi connectivity index (χ3v) is 4.44. The van der Waals surface area contributed by atoms with E-state index in [1.165, 1.54) is 0 Å². The van der Waals surface area contributed by atoms with Gasteiger partial charge in [-0.25, -0.2) is 0 Å². The summed E-state index contributed by atoms with van der Waals surface area (Å²) in [4.78, 5) is 26.4. The lowest BCUT2D eigenvalue weighted by molar-refractivity contribution is -0.133. The Kier molecular flexibility index (Phi) is 8.80. The maximum absolute atomic E-state index is 12.3. The van der Waals surface area contributed by atoms with E-state index in [1.807, 2.05) is 41.3 Å². The molecule has 1 heterocycles. The fourth-order valence-corrected chi connectivity index (χ4v) is 3.01. The van der Waals surface area contributed by atoms with E-state index in [-0.39, 0.29) is 18.2 Å². The molecule has 1 aliphatic rings. The average molecular weight is 375 g/mol. The number of piperazine rings is 1. The topological polar surface area (TPSA) is 79.9 Å². The van der Waals surface area contributed by atoms with Gasteiger partial charge in [0, 0.05) is 45.5 Å². The first-order valence-corrected chi connectivity index (χ1v) is 9.22. The van der Waals surface area contributed by atoms with Gasteiger partial charge in [0.2, 0.25) is 11.8 Å². The van der Waals surface area contributed by atoms with Gasteiger partial charge in [-0.05, 0) is 12.5 Å². The van der Waals surface area contributed by atoms with E-state index in [0.29, 0.717) is 32.8 Å². The van der Waals surface area contributed by atoms with Crippen LogP contribution >= 0.6 is 0 Å². The van der Waals surface area contributed by atoms with Gasteiger partial charge in [-0.15, -0.1) is 0 Å². The molecule has 0 spiro atoms. The van der Waals surface area contributed by atoms with Crippen LogP contribution in [0.2, 0.25) is 0 Å². The number of nitrogens with zero attached hydrogens (tertiary/aromatic N) is 1. The number of hydrogen-bond acceptors (Lipinski definition) is 5. The van der Waals surface area contributed by atoms with Crippen molar-refractivity contribution >= 4 is 17.9 Å². The molecule has 1 aromatic rings. The Morgan fingerprint density at radius 2 is 2.19 bits per heavy atom. The molecule has 0 radical (unpaired) electrons. The van der Waals surface area contributed by atoms with E-state index in [0.717, 1.165) is 17.7 Å². The van der Waals surface area contributed by atoms with E-state index in [9.17, 15) is 9.59 Å². The lowest BCUT2D eigenvalue weighted by atomic mass is 10.1. The third-order valence-electron chi connectivity index (χ3n) is 4.44. The molecule has 1 atom stereocenters. The maximum atomic E-state index is 12.3. The standard InChI is InChI=1S/C20H29N3O4/c1-26-14-6-10-21-19(24)15-17-20(25)22-11-13-23(17)12-5-8-16-7-3-4-9-18(16)27-2/h3-5,7-9,17H,6,10-15H2,1-2H3,(H,21,24)(H,22,25). The summed E-state index contributed by atoms with van der Waals surface area (Å²) in [7, 11) is 3.27. The van der Waals surface area contributed by atoms with E-state index >= 15 is 0 Å². The quantitative estimate of drug-likeness (QED) is 0.598. The highest BCUT2D eigenvalue weighted by atomic mass is 16.5. The SMILES string of the molecule is COCCCNC(=O)CC1C(=O)NCCN1CC=Cc1ccccc1OC. The Hall–Kier alpha value is -2.38. The molecule has 2 rings (SSSR count). The van der Waals surface area contributed by atoms with Gasteiger partial charge < -0.3 is 20.1 Å². The van der Waals surface area contributed by atoms with Crippen LogP contribution < -0.4 is 15.4 Å². The zero-order chi connectivity index (χ0) is 19.5. The molecule has 7 heteroatoms. The molecule has 7 nitrogen and oxygen atoms in total. The number of nitrogens with one attached hydrogen (secondary N) is 2. The van der Waals surface area contributed by atoms with Crippen molar-refractivity contribution in [1.29, 1.82) is 0 Å². The largest absolute Gasteiger partial charge is 0.496 e. The molecule has 0 bridgehead atoms. The lowest BCUT2D eigenvalue weighted by Gasteiger charge is -2.33. The van der Waals surface area contributed by atoms with E-state index in [1.54, 1.807) is 14.2 Å². The molecular weight excluding hydrogens is 346 g/mol. The molecule has 0 saturated carbocycles. The molecule has 1 fully saturated rings. The van der Waals surface area contributed by atoms with Crippen molar-refractivity contribution in [3.8, 4) is 5.75 Å². The summed E-state index contributed by atoms with van der Waals surface area (Å²) in [5.74, 6) is 0.586. The van der Waals surface area contributed by atoms with E-state index in [4.69, 9.17) is 9.47 Å². The number of hydrogen-bond donors (Lipinski definition) is 2. The summed E-state index contributed by atoms with van der Waals surface area (Å²) in [6.45, 7) is 3.04. The Labute approximate surface area is 160 Å². The van der Waals surface area contributed by atoms with Crippen LogP contribution in [0.1, 0.15) is 18.4 Å². The second-order valence-corrected chi connectivity index (χ2v) is 6.35. The first-order valence-electron chi connectivity index (χ1n) is 9.22. The minimum Gasteiger partial charge on any atom is -0.496 e. The predicted octanol–water partition coefficient (Wildman–Crippen LogP) is 1.05. The minimum atomic E-state index is -0.455. The van der Waals surface area contributed by atoms with Crippen LogP contribution in [0.5, 0.6) is 5.75 Å². The van der Waals surface area contributed by atoms with E-state index < -0.39 is 6.04 Å². The Morgan fingerprint density at radius 3 is 2.96 bits per heavy atom. The first-order chi connectivity index (χ1) is 13.2. The number of amides is 2. The van der Waals surface area contributed by atoms with Crippen LogP contribution in [0.3, 0.4) is 0 Å². The van der Waals surface area contributed by atoms with Crippen molar-refractivity contribution in [2.45, 2.75) is 18.9 Å². The summed E-state index contributed by atoms with van der Waals surface area (Å²) in [5, 5.41) is 5.69. The van der Waals surface area contributed by atoms with Crippen molar-refractivity contribution in [3.63, 3.8) is 0 Å². The number of ether oxygens (including phenoxy) is 2. The summed E-state index contributed by atoms with van der Waals surface area (Å²) in [6, 6.07) is 7.30. The first kappa shape index (κ1) is 20.9. The predicted molar refractivity (Wildman–Crippen MR) is 105 cm³/mol. The van der Waals surface area contributed by atoms with Gasteiger partial charge in [0.15, 0.2) is 0 Å². The molecule has 27 heavy (non-hydrogen) atoms. The van der Waals surface area contributed by atoms with Crippen LogP contribution in [-0.2, 0) is 14.3 Å². The van der Waals surface area contributed by atoms with Gasteiger partial charge in [0.25, 0.3) is 0 Å². The van der Waals surface area contributed by atoms with Gasteiger partial charge in [-0.3, -0.25) is 14.5 Å². The fraction of sp³-hybridized carbons (Fsp3) is 0.500. The smallest absolute Gasteiger partial charge is 0.237 e. The molecular formula is C20H29N3O4. The average Bonchev–Trinajstić information content (AvgIpc) is 2.68. The van der Waals surface area contributed by atoms with Gasteiger partial charge in [0.05, 0.1) is 19.6 Å². The van der Waals surface area contributed by atoms with Crippen molar-refractivity contribution in [3.05, 3.63) is 35.9 Å². The number of benzene rings is 1. The molecule has 2 N–H and O–H groups in total. The Bertz CT molecular complexity index is 648. The Morgan fingerprint density at radius 1 is 1.37 bits per heavy atom. The molecule has 1 aliphatic heterocycles. The number of para-hydroxylation sites is 1. The fourth-order valence-electron chi connectivity index (χ4n) is 3.01. The normalized spacial score (nSPS) is 17.7. The minimum absolute atomic E-state index is 0.0982. The molecule has 1 unspecified atom stereocenters. The zero-order valence-electron chi connectivity index (χ0n) is 16.1. The molecule has 0 aromatic heterocycles. The van der Waals surface area contributed by atoms with E-state index in [2.05, 4.69) is 10.6 Å². The van der Waals surface area contributed by atoms with Crippen LogP contribution in [0.4, 0.5) is 0 Å². The molecule has 1 aromatic carbocycles. The molecule has 148 valence electrons. The summed E-state index contributed by atoms with van der Waals surface area (Å²) in [6.07, 6.45) is 4.89. The highest BCUT2D eigenvalue weighted by molar-refractivity contribution is 5.88. The maximum Gasteiger partial charge on any atom is 0.237 e. The second kappa shape index (κ2) is 11.4. The van der Waals surface area contributed by atoms with Gasteiger partial charge in [-0.1, -0.05) is 30.4 Å². The summed E-state index contributed by atoms with van der Waals surface area (Å²) in [5.41, 5.74) is 0.980. The summed E-state index contributed by atoms with van der Waals surface area (Å²) >= 11 is 0. The lowest BCUT2D eigenvalue weighted by Crippen LogP contribution is -2.56. The highest BCUT2D eigenvalue weighted by Gasteiger charge is 2.30. The van der Waals surface area contributed by atoms with Gasteiger partial charge >= 0.3 is 0 Å². The van der Waals surface area contributed by atoms with Crippen LogP contribution in [-0.4, -0.2) is 69.8 Å². The zero-order valence-corrected chi connectivity index (χ0v) is 16.1. The molecule has 0 aliphatic carbocycles. The van der Waals surface area contributed by atoms with Crippen molar-refractivity contribution < 1.29 is 19.1 Å². The number of methoxy groups -OCH3 is 2.